The van der Waals surface area contributed by atoms with Crippen molar-refractivity contribution in [2.45, 2.75) is 82.0 Å². The molecule has 1 heterocycles. The number of hydrogen-bond acceptors (Lipinski definition) is 6. The van der Waals surface area contributed by atoms with E-state index in [2.05, 4.69) is 6.92 Å². The second-order valence-corrected chi connectivity index (χ2v) is 10.8. The van der Waals surface area contributed by atoms with Gasteiger partial charge in [-0.3, -0.25) is 0 Å². The average Bonchev–Trinajstić information content (AvgIpc) is 3.21. The lowest BCUT2D eigenvalue weighted by atomic mass is 9.41. The second-order valence-electron chi connectivity index (χ2n) is 10.8. The van der Waals surface area contributed by atoms with Crippen molar-refractivity contribution < 1.29 is 30.0 Å². The van der Waals surface area contributed by atoms with Gasteiger partial charge in [0, 0.05) is 23.3 Å². The summed E-state index contributed by atoms with van der Waals surface area (Å²) in [4.78, 5) is 11.6. The maximum absolute atomic E-state index is 12.1. The summed E-state index contributed by atoms with van der Waals surface area (Å²) in [6.07, 6.45) is 7.02. The summed E-state index contributed by atoms with van der Waals surface area (Å²) >= 11 is 0. The highest BCUT2D eigenvalue weighted by molar-refractivity contribution is 5.85. The molecule has 5 rings (SSSR count). The third kappa shape index (κ3) is 2.40. The molecule has 6 nitrogen and oxygen atoms in total. The SMILES string of the molecule is C[C@]12CC[C@@H]3[C@H](CC[C@@]4(O)C[C@@H](O)CC[C@]34CO)[C@@]1(O)CC[C@H]2C1=CC(=O)OC1. The first kappa shape index (κ1) is 20.0. The Bertz CT molecular complexity index is 750. The van der Waals surface area contributed by atoms with Gasteiger partial charge in [-0.25, -0.2) is 4.79 Å². The van der Waals surface area contributed by atoms with Crippen LogP contribution in [0.4, 0.5) is 0 Å². The van der Waals surface area contributed by atoms with Gasteiger partial charge in [0.15, 0.2) is 0 Å². The van der Waals surface area contributed by atoms with Crippen LogP contribution in [0.1, 0.15) is 64.7 Å². The fourth-order valence-electron chi connectivity index (χ4n) is 8.52. The third-order valence-corrected chi connectivity index (χ3v) is 10.1. The van der Waals surface area contributed by atoms with Crippen molar-refractivity contribution in [2.24, 2.45) is 28.6 Å². The molecule has 0 radical (unpaired) electrons. The standard InChI is InChI=1S/C23H34O6/c1-20-6-3-17-18(4-8-22(27)11-15(25)2-7-21(17,22)13-24)23(20,28)9-5-16(20)14-10-19(26)29-12-14/h10,15-18,24-25,27-28H,2-9,11-13H2,1H3/t15-,16-,17+,18-,20+,21-,22+,23-/m0/s1. The van der Waals surface area contributed by atoms with E-state index < -0.39 is 22.7 Å². The maximum atomic E-state index is 12.1. The van der Waals surface area contributed by atoms with Gasteiger partial charge in [-0.2, -0.15) is 0 Å². The molecule has 4 N–H and O–H groups in total. The molecule has 29 heavy (non-hydrogen) atoms. The third-order valence-electron chi connectivity index (χ3n) is 10.1. The zero-order chi connectivity index (χ0) is 20.7. The summed E-state index contributed by atoms with van der Waals surface area (Å²) in [6.45, 7) is 2.41. The van der Waals surface area contributed by atoms with Gasteiger partial charge in [0.1, 0.15) is 6.61 Å². The largest absolute Gasteiger partial charge is 0.458 e. The monoisotopic (exact) mass is 406 g/mol. The van der Waals surface area contributed by atoms with Crippen LogP contribution in [0.2, 0.25) is 0 Å². The molecule has 6 heteroatoms. The Morgan fingerprint density at radius 1 is 1.07 bits per heavy atom. The van der Waals surface area contributed by atoms with Crippen molar-refractivity contribution >= 4 is 5.97 Å². The first-order valence-electron chi connectivity index (χ1n) is 11.3. The fraction of sp³-hybridized carbons (Fsp3) is 0.870. The molecule has 0 bridgehead atoms. The average molecular weight is 407 g/mol. The van der Waals surface area contributed by atoms with Crippen LogP contribution in [0.25, 0.3) is 0 Å². The van der Waals surface area contributed by atoms with Crippen molar-refractivity contribution in [1.82, 2.24) is 0 Å². The quantitative estimate of drug-likeness (QED) is 0.520. The molecule has 4 saturated carbocycles. The Kier molecular flexibility index (Phi) is 4.33. The maximum Gasteiger partial charge on any atom is 0.331 e. The summed E-state index contributed by atoms with van der Waals surface area (Å²) in [5, 5.41) is 44.4. The number of aliphatic hydroxyl groups excluding tert-OH is 2. The van der Waals surface area contributed by atoms with E-state index in [4.69, 9.17) is 4.74 Å². The van der Waals surface area contributed by atoms with Crippen LogP contribution >= 0.6 is 0 Å². The number of esters is 1. The van der Waals surface area contributed by atoms with Crippen LogP contribution in [0.15, 0.2) is 11.6 Å². The highest BCUT2D eigenvalue weighted by Crippen LogP contribution is 2.70. The molecule has 162 valence electrons. The fourth-order valence-corrected chi connectivity index (χ4v) is 8.52. The molecule has 0 aromatic carbocycles. The zero-order valence-corrected chi connectivity index (χ0v) is 17.3. The molecular weight excluding hydrogens is 372 g/mol. The predicted molar refractivity (Wildman–Crippen MR) is 105 cm³/mol. The minimum Gasteiger partial charge on any atom is -0.458 e. The summed E-state index contributed by atoms with van der Waals surface area (Å²) in [7, 11) is 0. The molecular formula is C23H34O6. The van der Waals surface area contributed by atoms with Crippen LogP contribution < -0.4 is 0 Å². The van der Waals surface area contributed by atoms with Crippen LogP contribution in [0, 0.1) is 28.6 Å². The van der Waals surface area contributed by atoms with E-state index in [-0.39, 0.29) is 35.7 Å². The molecule has 0 amide bonds. The molecule has 0 spiro atoms. The highest BCUT2D eigenvalue weighted by Gasteiger charge is 2.71. The normalized spacial score (nSPS) is 54.2. The molecule has 0 unspecified atom stereocenters. The Labute approximate surface area is 172 Å². The molecule has 4 fully saturated rings. The van der Waals surface area contributed by atoms with Crippen LogP contribution in [0.5, 0.6) is 0 Å². The molecule has 0 aromatic heterocycles. The summed E-state index contributed by atoms with van der Waals surface area (Å²) < 4.78 is 5.17. The van der Waals surface area contributed by atoms with Gasteiger partial charge in [-0.05, 0) is 74.7 Å². The highest BCUT2D eigenvalue weighted by atomic mass is 16.5. The van der Waals surface area contributed by atoms with E-state index in [1.807, 2.05) is 0 Å². The number of ether oxygens (including phenoxy) is 1. The summed E-state index contributed by atoms with van der Waals surface area (Å²) in [5.41, 5.74) is -1.88. The van der Waals surface area contributed by atoms with Crippen LogP contribution in [-0.4, -0.2) is 56.9 Å². The second kappa shape index (κ2) is 6.28. The van der Waals surface area contributed by atoms with Crippen molar-refractivity contribution in [1.29, 1.82) is 0 Å². The van der Waals surface area contributed by atoms with Gasteiger partial charge >= 0.3 is 5.97 Å². The number of carbonyl (C=O) groups is 1. The first-order valence-corrected chi connectivity index (χ1v) is 11.3. The Morgan fingerprint density at radius 2 is 1.83 bits per heavy atom. The predicted octanol–water partition coefficient (Wildman–Crippen LogP) is 1.69. The zero-order valence-electron chi connectivity index (χ0n) is 17.3. The van der Waals surface area contributed by atoms with E-state index in [0.717, 1.165) is 24.8 Å². The lowest BCUT2D eigenvalue weighted by Gasteiger charge is -2.66. The lowest BCUT2D eigenvalue weighted by Crippen LogP contribution is -2.69. The van der Waals surface area contributed by atoms with E-state index in [1.165, 1.54) is 0 Å². The summed E-state index contributed by atoms with van der Waals surface area (Å²) in [6, 6.07) is 0. The lowest BCUT2D eigenvalue weighted by molar-refractivity contribution is -0.269. The molecule has 0 saturated heterocycles. The Morgan fingerprint density at radius 3 is 2.52 bits per heavy atom. The smallest absolute Gasteiger partial charge is 0.331 e. The molecule has 1 aliphatic heterocycles. The number of carbonyl (C=O) groups excluding carboxylic acids is 1. The molecule has 4 aliphatic carbocycles. The number of aliphatic hydroxyl groups is 4. The van der Waals surface area contributed by atoms with Crippen LogP contribution in [-0.2, 0) is 9.53 Å². The van der Waals surface area contributed by atoms with Crippen LogP contribution in [0.3, 0.4) is 0 Å². The molecule has 5 aliphatic rings. The first-order chi connectivity index (χ1) is 13.7. The Balaban J connectivity index is 1.51. The number of rotatable bonds is 2. The Hall–Kier alpha value is -0.950. The summed E-state index contributed by atoms with van der Waals surface area (Å²) in [5.74, 6) is -0.0760. The van der Waals surface area contributed by atoms with Gasteiger partial charge in [-0.15, -0.1) is 0 Å². The number of hydrogen-bond donors (Lipinski definition) is 4. The van der Waals surface area contributed by atoms with Crippen molar-refractivity contribution in [3.05, 3.63) is 11.6 Å². The van der Waals surface area contributed by atoms with E-state index in [1.54, 1.807) is 6.08 Å². The van der Waals surface area contributed by atoms with E-state index >= 15 is 0 Å². The van der Waals surface area contributed by atoms with E-state index in [0.29, 0.717) is 45.1 Å². The minimum absolute atomic E-state index is 0.0209. The van der Waals surface area contributed by atoms with Gasteiger partial charge in [-0.1, -0.05) is 6.92 Å². The van der Waals surface area contributed by atoms with Gasteiger partial charge in [0.2, 0.25) is 0 Å². The molecule has 0 aromatic rings. The van der Waals surface area contributed by atoms with Gasteiger partial charge < -0.3 is 25.2 Å². The van der Waals surface area contributed by atoms with Gasteiger partial charge in [0.25, 0.3) is 0 Å². The van der Waals surface area contributed by atoms with Gasteiger partial charge in [0.05, 0.1) is 23.9 Å². The number of cyclic esters (lactones) is 1. The molecule has 8 atom stereocenters. The van der Waals surface area contributed by atoms with Crippen molar-refractivity contribution in [3.8, 4) is 0 Å². The number of fused-ring (bicyclic) bond motifs is 5. The topological polar surface area (TPSA) is 107 Å². The van der Waals surface area contributed by atoms with E-state index in [9.17, 15) is 25.2 Å². The minimum atomic E-state index is -1.06. The van der Waals surface area contributed by atoms with Crippen molar-refractivity contribution in [2.75, 3.05) is 13.2 Å². The van der Waals surface area contributed by atoms with Crippen molar-refractivity contribution in [3.63, 3.8) is 0 Å².